The average Bonchev–Trinajstić information content (AvgIpc) is 2.82. The zero-order valence-corrected chi connectivity index (χ0v) is 21.0. The van der Waals surface area contributed by atoms with E-state index in [2.05, 4.69) is 0 Å². The van der Waals surface area contributed by atoms with Crippen molar-refractivity contribution in [3.8, 4) is 23.0 Å². The molecule has 8 nitrogen and oxygen atoms in total. The van der Waals surface area contributed by atoms with Crippen molar-refractivity contribution in [2.45, 2.75) is 26.5 Å². The van der Waals surface area contributed by atoms with Gasteiger partial charge >= 0.3 is 5.97 Å². The summed E-state index contributed by atoms with van der Waals surface area (Å²) in [4.78, 5) is 26.3. The molecule has 0 aliphatic rings. The standard InChI is InChI=1S/C25H30ClNO7/c1-16(2)34-25-21(26)11-17(12-22(25)32-5)7-8-23(28)27(15-24(29)33-6)14-18-9-19(30-3)13-20(10-18)31-4/h7-13,16H,14-15H2,1-6H3/b8-7+. The van der Waals surface area contributed by atoms with Crippen LogP contribution in [0, 0.1) is 0 Å². The largest absolute Gasteiger partial charge is 0.497 e. The van der Waals surface area contributed by atoms with Crippen LogP contribution in [-0.2, 0) is 20.9 Å². The maximum absolute atomic E-state index is 13.0. The average molecular weight is 492 g/mol. The van der Waals surface area contributed by atoms with E-state index >= 15 is 0 Å². The number of rotatable bonds is 11. The molecule has 0 N–H and O–H groups in total. The van der Waals surface area contributed by atoms with Crippen LogP contribution in [0.5, 0.6) is 23.0 Å². The summed E-state index contributed by atoms with van der Waals surface area (Å²) in [7, 11) is 5.85. The molecule has 0 unspecified atom stereocenters. The summed E-state index contributed by atoms with van der Waals surface area (Å²) in [6.45, 7) is 3.67. The Labute approximate surface area is 204 Å². The summed E-state index contributed by atoms with van der Waals surface area (Å²) in [5.74, 6) is 1.08. The fourth-order valence-electron chi connectivity index (χ4n) is 3.07. The van der Waals surface area contributed by atoms with Gasteiger partial charge in [-0.05, 0) is 55.3 Å². The molecule has 0 fully saturated rings. The van der Waals surface area contributed by atoms with Gasteiger partial charge in [-0.1, -0.05) is 11.6 Å². The molecule has 0 saturated heterocycles. The van der Waals surface area contributed by atoms with Gasteiger partial charge in [0, 0.05) is 18.7 Å². The van der Waals surface area contributed by atoms with Gasteiger partial charge in [0.05, 0.1) is 39.6 Å². The van der Waals surface area contributed by atoms with Gasteiger partial charge in [0.15, 0.2) is 11.5 Å². The van der Waals surface area contributed by atoms with E-state index in [9.17, 15) is 9.59 Å². The molecule has 0 aromatic heterocycles. The number of hydrogen-bond acceptors (Lipinski definition) is 7. The van der Waals surface area contributed by atoms with E-state index in [0.717, 1.165) is 5.56 Å². The van der Waals surface area contributed by atoms with Crippen molar-refractivity contribution in [1.29, 1.82) is 0 Å². The summed E-state index contributed by atoms with van der Waals surface area (Å²) >= 11 is 6.37. The molecule has 0 aliphatic heterocycles. The van der Waals surface area contributed by atoms with Gasteiger partial charge in [-0.2, -0.15) is 0 Å². The highest BCUT2D eigenvalue weighted by Crippen LogP contribution is 2.37. The summed E-state index contributed by atoms with van der Waals surface area (Å²) in [5.41, 5.74) is 1.36. The minimum Gasteiger partial charge on any atom is -0.497 e. The number of benzene rings is 2. The Kier molecular flexibility index (Phi) is 10.1. The van der Waals surface area contributed by atoms with Crippen molar-refractivity contribution in [3.05, 3.63) is 52.6 Å². The van der Waals surface area contributed by atoms with Crippen LogP contribution in [0.4, 0.5) is 0 Å². The van der Waals surface area contributed by atoms with E-state index in [1.165, 1.54) is 39.4 Å². The molecule has 0 aliphatic carbocycles. The molecule has 34 heavy (non-hydrogen) atoms. The van der Waals surface area contributed by atoms with E-state index in [-0.39, 0.29) is 19.2 Å². The Hall–Kier alpha value is -3.39. The number of carbonyl (C=O) groups excluding carboxylic acids is 2. The monoisotopic (exact) mass is 491 g/mol. The van der Waals surface area contributed by atoms with Gasteiger partial charge in [-0.15, -0.1) is 0 Å². The number of ether oxygens (including phenoxy) is 5. The second kappa shape index (κ2) is 12.7. The maximum Gasteiger partial charge on any atom is 0.325 e. The first-order valence-electron chi connectivity index (χ1n) is 10.5. The Morgan fingerprint density at radius 3 is 2.15 bits per heavy atom. The zero-order valence-electron chi connectivity index (χ0n) is 20.2. The topological polar surface area (TPSA) is 83.5 Å². The number of carbonyl (C=O) groups is 2. The molecule has 184 valence electrons. The predicted octanol–water partition coefficient (Wildman–Crippen LogP) is 4.37. The lowest BCUT2D eigenvalue weighted by Crippen LogP contribution is -2.34. The summed E-state index contributed by atoms with van der Waals surface area (Å²) in [6.07, 6.45) is 2.86. The van der Waals surface area contributed by atoms with Crippen LogP contribution in [0.15, 0.2) is 36.4 Å². The number of amides is 1. The van der Waals surface area contributed by atoms with E-state index < -0.39 is 11.9 Å². The van der Waals surface area contributed by atoms with Gasteiger partial charge in [0.25, 0.3) is 0 Å². The molecule has 2 aromatic carbocycles. The quantitative estimate of drug-likeness (QED) is 0.341. The number of halogens is 1. The fourth-order valence-corrected chi connectivity index (χ4v) is 3.33. The van der Waals surface area contributed by atoms with Crippen LogP contribution < -0.4 is 18.9 Å². The number of hydrogen-bond donors (Lipinski definition) is 0. The maximum atomic E-state index is 13.0. The zero-order chi connectivity index (χ0) is 25.3. The predicted molar refractivity (Wildman–Crippen MR) is 130 cm³/mol. The first kappa shape index (κ1) is 26.9. The second-order valence-corrected chi connectivity index (χ2v) is 7.93. The van der Waals surface area contributed by atoms with Crippen LogP contribution in [0.1, 0.15) is 25.0 Å². The normalized spacial score (nSPS) is 10.8. The van der Waals surface area contributed by atoms with E-state index in [4.69, 9.17) is 35.3 Å². The van der Waals surface area contributed by atoms with Crippen molar-refractivity contribution < 1.29 is 33.3 Å². The molecule has 0 heterocycles. The molecule has 0 atom stereocenters. The van der Waals surface area contributed by atoms with Gasteiger partial charge in [0.2, 0.25) is 5.91 Å². The Morgan fingerprint density at radius 2 is 1.62 bits per heavy atom. The third-order valence-electron chi connectivity index (χ3n) is 4.67. The SMILES string of the molecule is COC(=O)CN(Cc1cc(OC)cc(OC)c1)C(=O)/C=C/c1cc(Cl)c(OC(C)C)c(OC)c1. The molecule has 1 amide bonds. The molecule has 0 spiro atoms. The fraction of sp³-hybridized carbons (Fsp3) is 0.360. The van der Waals surface area contributed by atoms with Gasteiger partial charge in [-0.25, -0.2) is 0 Å². The lowest BCUT2D eigenvalue weighted by Gasteiger charge is -2.21. The lowest BCUT2D eigenvalue weighted by molar-refractivity contribution is -0.145. The molecule has 0 saturated carbocycles. The first-order chi connectivity index (χ1) is 16.2. The molecular formula is C25H30ClNO7. The molecule has 2 aromatic rings. The van der Waals surface area contributed by atoms with Gasteiger partial charge in [-0.3, -0.25) is 9.59 Å². The van der Waals surface area contributed by atoms with Crippen molar-refractivity contribution in [1.82, 2.24) is 4.90 Å². The second-order valence-electron chi connectivity index (χ2n) is 7.53. The highest BCUT2D eigenvalue weighted by atomic mass is 35.5. The van der Waals surface area contributed by atoms with Crippen LogP contribution in [-0.4, -0.2) is 57.9 Å². The van der Waals surface area contributed by atoms with Gasteiger partial charge in [0.1, 0.15) is 18.0 Å². The van der Waals surface area contributed by atoms with Crippen molar-refractivity contribution in [2.24, 2.45) is 0 Å². The number of esters is 1. The first-order valence-corrected chi connectivity index (χ1v) is 10.9. The Balaban J connectivity index is 2.31. The third-order valence-corrected chi connectivity index (χ3v) is 4.95. The molecule has 2 rings (SSSR count). The molecular weight excluding hydrogens is 462 g/mol. The minimum atomic E-state index is -0.545. The van der Waals surface area contributed by atoms with E-state index in [0.29, 0.717) is 33.6 Å². The van der Waals surface area contributed by atoms with Crippen molar-refractivity contribution >= 4 is 29.6 Å². The lowest BCUT2D eigenvalue weighted by atomic mass is 10.1. The minimum absolute atomic E-state index is 0.0866. The highest BCUT2D eigenvalue weighted by molar-refractivity contribution is 6.32. The number of methoxy groups -OCH3 is 4. The third kappa shape index (κ3) is 7.59. The van der Waals surface area contributed by atoms with Crippen molar-refractivity contribution in [3.63, 3.8) is 0 Å². The summed E-state index contributed by atoms with van der Waals surface area (Å²) in [5, 5.41) is 0.357. The van der Waals surface area contributed by atoms with Crippen molar-refractivity contribution in [2.75, 3.05) is 35.0 Å². The summed E-state index contributed by atoms with van der Waals surface area (Å²) in [6, 6.07) is 8.64. The van der Waals surface area contributed by atoms with E-state index in [1.807, 2.05) is 13.8 Å². The Bertz CT molecular complexity index is 1010. The van der Waals surface area contributed by atoms with Crippen LogP contribution in [0.3, 0.4) is 0 Å². The van der Waals surface area contributed by atoms with Crippen LogP contribution in [0.25, 0.3) is 6.08 Å². The van der Waals surface area contributed by atoms with Crippen LogP contribution >= 0.6 is 11.6 Å². The number of nitrogens with zero attached hydrogens (tertiary/aromatic N) is 1. The Morgan fingerprint density at radius 1 is 0.971 bits per heavy atom. The van der Waals surface area contributed by atoms with Crippen LogP contribution in [0.2, 0.25) is 5.02 Å². The molecule has 0 bridgehead atoms. The summed E-state index contributed by atoms with van der Waals surface area (Å²) < 4.78 is 26.4. The van der Waals surface area contributed by atoms with E-state index in [1.54, 1.807) is 36.4 Å². The molecule has 0 radical (unpaired) electrons. The molecule has 9 heteroatoms. The van der Waals surface area contributed by atoms with Gasteiger partial charge < -0.3 is 28.6 Å². The smallest absolute Gasteiger partial charge is 0.325 e. The highest BCUT2D eigenvalue weighted by Gasteiger charge is 2.18.